The predicted octanol–water partition coefficient (Wildman–Crippen LogP) is 2.31. The van der Waals surface area contributed by atoms with Crippen molar-refractivity contribution in [1.82, 2.24) is 25.5 Å². The normalized spacial score (nSPS) is 10.4. The molecule has 1 heterocycles. The molecule has 8 nitrogen and oxygen atoms in total. The van der Waals surface area contributed by atoms with Crippen LogP contribution in [0, 0.1) is 13.8 Å². The Labute approximate surface area is 150 Å². The van der Waals surface area contributed by atoms with Crippen LogP contribution < -0.4 is 10.6 Å². The molecular weight excluding hydrogens is 332 g/mol. The van der Waals surface area contributed by atoms with Crippen LogP contribution >= 0.6 is 0 Å². The van der Waals surface area contributed by atoms with E-state index in [1.165, 1.54) is 0 Å². The smallest absolute Gasteiger partial charge is 0.307 e. The molecule has 0 atom stereocenters. The summed E-state index contributed by atoms with van der Waals surface area (Å²) in [5.41, 5.74) is 3.45. The summed E-state index contributed by atoms with van der Waals surface area (Å²) in [6.45, 7) is 3.64. The molecule has 8 heteroatoms. The zero-order valence-corrected chi connectivity index (χ0v) is 14.4. The Hall–Kier alpha value is -3.55. The highest BCUT2D eigenvalue weighted by Crippen LogP contribution is 2.17. The highest BCUT2D eigenvalue weighted by molar-refractivity contribution is 6.01. The van der Waals surface area contributed by atoms with Crippen LogP contribution in [0.2, 0.25) is 0 Å². The number of tetrazole rings is 1. The lowest BCUT2D eigenvalue weighted by Gasteiger charge is -2.10. The molecule has 0 bridgehead atoms. The van der Waals surface area contributed by atoms with Gasteiger partial charge in [-0.05, 0) is 36.3 Å². The Morgan fingerprint density at radius 1 is 1.04 bits per heavy atom. The molecule has 0 spiro atoms. The SMILES string of the molecule is Cc1cccc(NC(=O)NC(=O)Cn2nnc(-c3ccccc3)n2)c1C. The second kappa shape index (κ2) is 7.56. The topological polar surface area (TPSA) is 102 Å². The molecule has 3 rings (SSSR count). The van der Waals surface area contributed by atoms with Gasteiger partial charge in [0, 0.05) is 11.3 Å². The van der Waals surface area contributed by atoms with E-state index in [-0.39, 0.29) is 6.54 Å². The molecule has 3 aromatic rings. The molecule has 2 N–H and O–H groups in total. The number of amides is 3. The van der Waals surface area contributed by atoms with Crippen molar-refractivity contribution in [2.45, 2.75) is 20.4 Å². The van der Waals surface area contributed by atoms with Crippen molar-refractivity contribution >= 4 is 17.6 Å². The molecule has 0 fully saturated rings. The first-order chi connectivity index (χ1) is 12.5. The second-order valence-corrected chi connectivity index (χ2v) is 5.76. The van der Waals surface area contributed by atoms with Gasteiger partial charge in [-0.25, -0.2) is 4.79 Å². The van der Waals surface area contributed by atoms with Gasteiger partial charge in [0.1, 0.15) is 6.54 Å². The number of rotatable bonds is 4. The fourth-order valence-corrected chi connectivity index (χ4v) is 2.35. The van der Waals surface area contributed by atoms with E-state index in [1.54, 1.807) is 6.07 Å². The molecule has 0 unspecified atom stereocenters. The summed E-state index contributed by atoms with van der Waals surface area (Å²) in [5, 5.41) is 16.8. The molecule has 0 radical (unpaired) electrons. The molecule has 132 valence electrons. The van der Waals surface area contributed by atoms with Crippen LogP contribution in [0.5, 0.6) is 0 Å². The van der Waals surface area contributed by atoms with Gasteiger partial charge in [0.05, 0.1) is 0 Å². The quantitative estimate of drug-likeness (QED) is 0.752. The van der Waals surface area contributed by atoms with Gasteiger partial charge >= 0.3 is 6.03 Å². The molecular formula is C18H18N6O2. The number of aromatic nitrogens is 4. The molecule has 3 amide bonds. The molecule has 26 heavy (non-hydrogen) atoms. The number of nitrogens with one attached hydrogen (secondary N) is 2. The average Bonchev–Trinajstić information content (AvgIpc) is 3.08. The summed E-state index contributed by atoms with van der Waals surface area (Å²) < 4.78 is 0. The predicted molar refractivity (Wildman–Crippen MR) is 96.3 cm³/mol. The van der Waals surface area contributed by atoms with E-state index in [2.05, 4.69) is 26.0 Å². The van der Waals surface area contributed by atoms with Crippen LogP contribution in [-0.2, 0) is 11.3 Å². The van der Waals surface area contributed by atoms with Gasteiger partial charge in [0.25, 0.3) is 5.91 Å². The largest absolute Gasteiger partial charge is 0.325 e. The monoisotopic (exact) mass is 350 g/mol. The molecule has 0 saturated carbocycles. The number of carbonyl (C=O) groups excluding carboxylic acids is 2. The average molecular weight is 350 g/mol. The third-order valence-electron chi connectivity index (χ3n) is 3.88. The van der Waals surface area contributed by atoms with E-state index in [4.69, 9.17) is 0 Å². The van der Waals surface area contributed by atoms with Crippen LogP contribution in [0.25, 0.3) is 11.4 Å². The van der Waals surface area contributed by atoms with Crippen LogP contribution in [-0.4, -0.2) is 32.1 Å². The Morgan fingerprint density at radius 3 is 2.58 bits per heavy atom. The van der Waals surface area contributed by atoms with E-state index in [9.17, 15) is 9.59 Å². The fraction of sp³-hybridized carbons (Fsp3) is 0.167. The third kappa shape index (κ3) is 4.10. The number of benzene rings is 2. The van der Waals surface area contributed by atoms with Gasteiger partial charge in [-0.2, -0.15) is 4.80 Å². The van der Waals surface area contributed by atoms with Crippen molar-refractivity contribution in [3.63, 3.8) is 0 Å². The van der Waals surface area contributed by atoms with E-state index < -0.39 is 11.9 Å². The van der Waals surface area contributed by atoms with Crippen LogP contribution in [0.15, 0.2) is 48.5 Å². The molecule has 1 aromatic heterocycles. The van der Waals surface area contributed by atoms with Gasteiger partial charge in [0.15, 0.2) is 0 Å². The first kappa shape index (κ1) is 17.3. The summed E-state index contributed by atoms with van der Waals surface area (Å²) in [5.74, 6) is -0.122. The molecule has 0 saturated heterocycles. The van der Waals surface area contributed by atoms with E-state index in [0.29, 0.717) is 11.5 Å². The Balaban J connectivity index is 1.58. The summed E-state index contributed by atoms with van der Waals surface area (Å²) in [6.07, 6.45) is 0. The lowest BCUT2D eigenvalue weighted by molar-refractivity contribution is -0.120. The minimum Gasteiger partial charge on any atom is -0.307 e. The first-order valence-electron chi connectivity index (χ1n) is 8.03. The van der Waals surface area contributed by atoms with E-state index >= 15 is 0 Å². The maximum atomic E-state index is 12.0. The number of hydrogen-bond donors (Lipinski definition) is 2. The number of hydrogen-bond acceptors (Lipinski definition) is 5. The summed E-state index contributed by atoms with van der Waals surface area (Å²) in [4.78, 5) is 25.1. The maximum Gasteiger partial charge on any atom is 0.325 e. The van der Waals surface area contributed by atoms with Gasteiger partial charge in [-0.1, -0.05) is 42.5 Å². The van der Waals surface area contributed by atoms with Crippen molar-refractivity contribution in [3.05, 3.63) is 59.7 Å². The van der Waals surface area contributed by atoms with Crippen LogP contribution in [0.1, 0.15) is 11.1 Å². The maximum absolute atomic E-state index is 12.0. The van der Waals surface area contributed by atoms with Gasteiger partial charge < -0.3 is 5.32 Å². The standard InChI is InChI=1S/C18H18N6O2/c1-12-7-6-10-15(13(12)2)19-18(26)20-16(25)11-24-22-17(21-23-24)14-8-4-3-5-9-14/h3-10H,11H2,1-2H3,(H2,19,20,25,26). The molecule has 0 aliphatic carbocycles. The second-order valence-electron chi connectivity index (χ2n) is 5.76. The van der Waals surface area contributed by atoms with Gasteiger partial charge in [0.2, 0.25) is 5.82 Å². The first-order valence-corrected chi connectivity index (χ1v) is 8.03. The van der Waals surface area contributed by atoms with E-state index in [1.807, 2.05) is 56.3 Å². The number of urea groups is 1. The zero-order valence-electron chi connectivity index (χ0n) is 14.4. The van der Waals surface area contributed by atoms with E-state index in [0.717, 1.165) is 21.5 Å². The summed E-state index contributed by atoms with van der Waals surface area (Å²) >= 11 is 0. The lowest BCUT2D eigenvalue weighted by atomic mass is 10.1. The highest BCUT2D eigenvalue weighted by Gasteiger charge is 2.13. The molecule has 0 aliphatic heterocycles. The highest BCUT2D eigenvalue weighted by atomic mass is 16.2. The van der Waals surface area contributed by atoms with Crippen molar-refractivity contribution < 1.29 is 9.59 Å². The Morgan fingerprint density at radius 2 is 1.81 bits per heavy atom. The van der Waals surface area contributed by atoms with Crippen molar-refractivity contribution in [3.8, 4) is 11.4 Å². The number of imide groups is 1. The minimum atomic E-state index is -0.605. The Bertz CT molecular complexity index is 936. The number of nitrogens with zero attached hydrogens (tertiary/aromatic N) is 4. The van der Waals surface area contributed by atoms with Crippen molar-refractivity contribution in [2.75, 3.05) is 5.32 Å². The van der Waals surface area contributed by atoms with Crippen molar-refractivity contribution in [1.29, 1.82) is 0 Å². The molecule has 0 aliphatic rings. The van der Waals surface area contributed by atoms with Crippen molar-refractivity contribution in [2.24, 2.45) is 0 Å². The summed E-state index contributed by atoms with van der Waals surface area (Å²) in [6, 6.07) is 14.3. The van der Waals surface area contributed by atoms with Gasteiger partial charge in [-0.3, -0.25) is 10.1 Å². The van der Waals surface area contributed by atoms with Gasteiger partial charge in [-0.15, -0.1) is 10.2 Å². The molecule has 2 aromatic carbocycles. The van der Waals surface area contributed by atoms with Crippen LogP contribution in [0.4, 0.5) is 10.5 Å². The third-order valence-corrected chi connectivity index (χ3v) is 3.88. The number of carbonyl (C=O) groups is 2. The Kier molecular flexibility index (Phi) is 5.02. The summed E-state index contributed by atoms with van der Waals surface area (Å²) in [7, 11) is 0. The number of aryl methyl sites for hydroxylation is 1. The zero-order chi connectivity index (χ0) is 18.5. The van der Waals surface area contributed by atoms with Crippen LogP contribution in [0.3, 0.4) is 0 Å². The lowest BCUT2D eigenvalue weighted by Crippen LogP contribution is -2.37. The minimum absolute atomic E-state index is 0.208. The number of anilines is 1. The fourth-order valence-electron chi connectivity index (χ4n) is 2.35.